The zero-order valence-corrected chi connectivity index (χ0v) is 16.5. The van der Waals surface area contributed by atoms with Crippen LogP contribution in [0.15, 0.2) is 0 Å². The fourth-order valence-corrected chi connectivity index (χ4v) is 4.59. The van der Waals surface area contributed by atoms with Gasteiger partial charge in [0.25, 0.3) is 0 Å². The van der Waals surface area contributed by atoms with Crippen LogP contribution in [0.25, 0.3) is 0 Å². The third-order valence-corrected chi connectivity index (χ3v) is 5.70. The Morgan fingerprint density at radius 2 is 1.92 bits per heavy atom. The Balaban J connectivity index is 1.48. The second-order valence-electron chi connectivity index (χ2n) is 7.65. The number of amides is 4. The molecule has 2 aliphatic heterocycles. The molecule has 4 amide bonds. The van der Waals surface area contributed by atoms with Gasteiger partial charge < -0.3 is 26.0 Å². The molecule has 2 heterocycles. The molecule has 2 saturated heterocycles. The molecule has 0 aliphatic carbocycles. The molecule has 148 valence electrons. The van der Waals surface area contributed by atoms with E-state index in [4.69, 9.17) is 4.74 Å². The van der Waals surface area contributed by atoms with E-state index in [1.165, 1.54) is 0 Å². The summed E-state index contributed by atoms with van der Waals surface area (Å²) in [6.07, 6.45) is 2.78. The summed E-state index contributed by atoms with van der Waals surface area (Å²) in [6.45, 7) is 6.13. The second kappa shape index (κ2) is 9.34. The average Bonchev–Trinajstić information content (AvgIpc) is 3.06. The van der Waals surface area contributed by atoms with Gasteiger partial charge in [0.1, 0.15) is 5.60 Å². The Morgan fingerprint density at radius 3 is 2.65 bits per heavy atom. The molecule has 8 nitrogen and oxygen atoms in total. The monoisotopic (exact) mass is 386 g/mol. The lowest BCUT2D eigenvalue weighted by Gasteiger charge is -2.19. The van der Waals surface area contributed by atoms with Gasteiger partial charge in [0.2, 0.25) is 5.91 Å². The highest BCUT2D eigenvalue weighted by molar-refractivity contribution is 8.00. The van der Waals surface area contributed by atoms with E-state index < -0.39 is 11.7 Å². The summed E-state index contributed by atoms with van der Waals surface area (Å²) in [6, 6.07) is 0.406. The van der Waals surface area contributed by atoms with Crippen LogP contribution in [0, 0.1) is 0 Å². The van der Waals surface area contributed by atoms with Gasteiger partial charge in [0.05, 0.1) is 12.1 Å². The molecule has 26 heavy (non-hydrogen) atoms. The van der Waals surface area contributed by atoms with Crippen LogP contribution in [0.3, 0.4) is 0 Å². The third-order valence-electron chi connectivity index (χ3n) is 4.20. The van der Waals surface area contributed by atoms with E-state index in [0.29, 0.717) is 24.8 Å². The highest BCUT2D eigenvalue weighted by Gasteiger charge is 2.42. The summed E-state index contributed by atoms with van der Waals surface area (Å²) >= 11 is 1.89. The van der Waals surface area contributed by atoms with Gasteiger partial charge in [-0.25, -0.2) is 9.59 Å². The maximum atomic E-state index is 11.8. The van der Waals surface area contributed by atoms with Crippen molar-refractivity contribution in [3.8, 4) is 0 Å². The Kier molecular flexibility index (Phi) is 7.43. The van der Waals surface area contributed by atoms with Gasteiger partial charge in [-0.3, -0.25) is 4.79 Å². The van der Waals surface area contributed by atoms with Gasteiger partial charge in [0.15, 0.2) is 0 Å². The van der Waals surface area contributed by atoms with E-state index in [-0.39, 0.29) is 24.0 Å². The summed E-state index contributed by atoms with van der Waals surface area (Å²) < 4.78 is 5.11. The molecule has 0 spiro atoms. The van der Waals surface area contributed by atoms with Crippen LogP contribution < -0.4 is 21.3 Å². The smallest absolute Gasteiger partial charge is 0.407 e. The summed E-state index contributed by atoms with van der Waals surface area (Å²) in [5.41, 5.74) is -0.525. The first-order chi connectivity index (χ1) is 12.2. The number of unbranched alkanes of at least 4 members (excludes halogenated alkanes) is 1. The number of urea groups is 1. The SMILES string of the molecule is CC(C)(C)OC(=O)NCCNC(=O)CCCC[C@@H]1SCC2NC(=O)NC21. The Morgan fingerprint density at radius 1 is 1.19 bits per heavy atom. The number of fused-ring (bicyclic) bond motifs is 1. The van der Waals surface area contributed by atoms with Gasteiger partial charge >= 0.3 is 12.1 Å². The summed E-state index contributed by atoms with van der Waals surface area (Å²) in [7, 11) is 0. The van der Waals surface area contributed by atoms with Gasteiger partial charge in [-0.1, -0.05) is 6.42 Å². The van der Waals surface area contributed by atoms with Crippen molar-refractivity contribution >= 4 is 29.8 Å². The average molecular weight is 387 g/mol. The van der Waals surface area contributed by atoms with Crippen molar-refractivity contribution in [3.63, 3.8) is 0 Å². The molecule has 0 radical (unpaired) electrons. The zero-order valence-electron chi connectivity index (χ0n) is 15.7. The second-order valence-corrected chi connectivity index (χ2v) is 8.92. The molecule has 0 aromatic carbocycles. The lowest BCUT2D eigenvalue weighted by Crippen LogP contribution is -2.37. The molecule has 4 N–H and O–H groups in total. The molecule has 2 fully saturated rings. The molecule has 0 saturated carbocycles. The largest absolute Gasteiger partial charge is 0.444 e. The van der Waals surface area contributed by atoms with Gasteiger partial charge in [-0.15, -0.1) is 0 Å². The minimum absolute atomic E-state index is 0.0104. The number of hydrogen-bond donors (Lipinski definition) is 4. The fraction of sp³-hybridized carbons (Fsp3) is 0.824. The summed E-state index contributed by atoms with van der Waals surface area (Å²) in [5.74, 6) is 0.947. The van der Waals surface area contributed by atoms with E-state index in [2.05, 4.69) is 21.3 Å². The van der Waals surface area contributed by atoms with Crippen LogP contribution in [0.4, 0.5) is 9.59 Å². The van der Waals surface area contributed by atoms with E-state index in [0.717, 1.165) is 25.0 Å². The Labute approximate surface area is 158 Å². The highest BCUT2D eigenvalue weighted by atomic mass is 32.2. The topological polar surface area (TPSA) is 109 Å². The first kappa shape index (κ1) is 20.7. The van der Waals surface area contributed by atoms with Crippen molar-refractivity contribution in [3.05, 3.63) is 0 Å². The van der Waals surface area contributed by atoms with Crippen molar-refractivity contribution in [1.29, 1.82) is 0 Å². The number of rotatable bonds is 8. The molecule has 2 unspecified atom stereocenters. The van der Waals surface area contributed by atoms with E-state index in [1.807, 2.05) is 11.8 Å². The maximum absolute atomic E-state index is 11.8. The lowest BCUT2D eigenvalue weighted by molar-refractivity contribution is -0.121. The van der Waals surface area contributed by atoms with E-state index in [9.17, 15) is 14.4 Å². The Bertz CT molecular complexity index is 523. The van der Waals surface area contributed by atoms with Crippen LogP contribution in [0.5, 0.6) is 0 Å². The van der Waals surface area contributed by atoms with Crippen LogP contribution >= 0.6 is 11.8 Å². The molecule has 9 heteroatoms. The first-order valence-corrected chi connectivity index (χ1v) is 10.2. The predicted molar refractivity (Wildman–Crippen MR) is 101 cm³/mol. The number of nitrogens with one attached hydrogen (secondary N) is 4. The minimum Gasteiger partial charge on any atom is -0.444 e. The van der Waals surface area contributed by atoms with Crippen LogP contribution in [-0.4, -0.2) is 59.8 Å². The number of alkyl carbamates (subject to hydrolysis) is 1. The number of hydrogen-bond acceptors (Lipinski definition) is 5. The normalized spacial score (nSPS) is 24.4. The molecular formula is C17H30N4O4S. The number of thioether (sulfide) groups is 1. The predicted octanol–water partition coefficient (Wildman–Crippen LogP) is 1.35. The van der Waals surface area contributed by atoms with Gasteiger partial charge in [0, 0.05) is 30.5 Å². The van der Waals surface area contributed by atoms with E-state index >= 15 is 0 Å². The third kappa shape index (κ3) is 6.93. The quantitative estimate of drug-likeness (QED) is 0.372. The molecule has 2 aliphatic rings. The Hall–Kier alpha value is -1.64. The highest BCUT2D eigenvalue weighted by Crippen LogP contribution is 2.33. The van der Waals surface area contributed by atoms with Crippen LogP contribution in [0.2, 0.25) is 0 Å². The van der Waals surface area contributed by atoms with Crippen molar-refractivity contribution in [1.82, 2.24) is 21.3 Å². The minimum atomic E-state index is -0.525. The van der Waals surface area contributed by atoms with Crippen molar-refractivity contribution in [2.24, 2.45) is 0 Å². The van der Waals surface area contributed by atoms with Crippen LogP contribution in [0.1, 0.15) is 46.5 Å². The van der Waals surface area contributed by atoms with Crippen molar-refractivity contribution in [2.75, 3.05) is 18.8 Å². The summed E-state index contributed by atoms with van der Waals surface area (Å²) in [5, 5.41) is 11.7. The van der Waals surface area contributed by atoms with Gasteiger partial charge in [-0.2, -0.15) is 11.8 Å². The molecule has 0 aromatic rings. The van der Waals surface area contributed by atoms with Crippen LogP contribution in [-0.2, 0) is 9.53 Å². The standard InChI is InChI=1S/C17H30N4O4S/c1-17(2,3)25-16(24)19-9-8-18-13(22)7-5-4-6-12-14-11(10-26-12)20-15(23)21-14/h11-12,14H,4-10H2,1-3H3,(H,18,22)(H,19,24)(H2,20,21,23)/t11?,12-,14?/m0/s1. The van der Waals surface area contributed by atoms with Crippen molar-refractivity contribution in [2.45, 2.75) is 69.4 Å². The maximum Gasteiger partial charge on any atom is 0.407 e. The number of carbonyl (C=O) groups excluding carboxylic acids is 3. The van der Waals surface area contributed by atoms with Gasteiger partial charge in [-0.05, 0) is 33.6 Å². The summed E-state index contributed by atoms with van der Waals surface area (Å²) in [4.78, 5) is 34.6. The molecule has 0 bridgehead atoms. The zero-order chi connectivity index (χ0) is 19.2. The first-order valence-electron chi connectivity index (χ1n) is 9.17. The van der Waals surface area contributed by atoms with E-state index in [1.54, 1.807) is 20.8 Å². The fourth-order valence-electron chi connectivity index (χ4n) is 3.04. The molecule has 3 atom stereocenters. The number of carbonyl (C=O) groups is 3. The van der Waals surface area contributed by atoms with Crippen molar-refractivity contribution < 1.29 is 19.1 Å². The molecule has 2 rings (SSSR count). The number of ether oxygens (including phenoxy) is 1. The molecular weight excluding hydrogens is 356 g/mol. The lowest BCUT2D eigenvalue weighted by atomic mass is 10.0. The molecule has 0 aromatic heterocycles.